The Balaban J connectivity index is 1.98. The van der Waals surface area contributed by atoms with Gasteiger partial charge in [-0.2, -0.15) is 0 Å². The first-order chi connectivity index (χ1) is 11.5. The molecule has 2 atom stereocenters. The van der Waals surface area contributed by atoms with Crippen LogP contribution < -0.4 is 16.7 Å². The SMILES string of the molecule is CCn1c(=O)n(CC)c2cc(NC(=O)C3CCC(N)C3)c(C)cc21. The van der Waals surface area contributed by atoms with Crippen molar-refractivity contribution in [2.45, 2.75) is 59.2 Å². The van der Waals surface area contributed by atoms with Crippen LogP contribution in [0.4, 0.5) is 5.69 Å². The summed E-state index contributed by atoms with van der Waals surface area (Å²) < 4.78 is 3.52. The highest BCUT2D eigenvalue weighted by atomic mass is 16.2. The molecule has 1 saturated carbocycles. The number of nitrogens with zero attached hydrogens (tertiary/aromatic N) is 2. The lowest BCUT2D eigenvalue weighted by Crippen LogP contribution is -2.23. The number of benzene rings is 1. The van der Waals surface area contributed by atoms with Crippen LogP contribution in [0.3, 0.4) is 0 Å². The smallest absolute Gasteiger partial charge is 0.328 e. The van der Waals surface area contributed by atoms with E-state index >= 15 is 0 Å². The van der Waals surface area contributed by atoms with E-state index in [9.17, 15) is 9.59 Å². The molecule has 0 aliphatic heterocycles. The Morgan fingerprint density at radius 2 is 1.83 bits per heavy atom. The van der Waals surface area contributed by atoms with Gasteiger partial charge in [0, 0.05) is 30.7 Å². The number of imidazole rings is 1. The van der Waals surface area contributed by atoms with Crippen molar-refractivity contribution in [1.82, 2.24) is 9.13 Å². The molecule has 1 amide bonds. The topological polar surface area (TPSA) is 82.0 Å². The number of nitrogens with one attached hydrogen (secondary N) is 1. The van der Waals surface area contributed by atoms with Crippen molar-refractivity contribution in [2.75, 3.05) is 5.32 Å². The van der Waals surface area contributed by atoms with Gasteiger partial charge in [-0.15, -0.1) is 0 Å². The fourth-order valence-corrected chi connectivity index (χ4v) is 3.70. The van der Waals surface area contributed by atoms with E-state index in [-0.39, 0.29) is 23.6 Å². The minimum Gasteiger partial charge on any atom is -0.328 e. The number of hydrogen-bond donors (Lipinski definition) is 2. The summed E-state index contributed by atoms with van der Waals surface area (Å²) >= 11 is 0. The maximum atomic E-state index is 12.5. The molecule has 1 aromatic heterocycles. The summed E-state index contributed by atoms with van der Waals surface area (Å²) in [6, 6.07) is 4.05. The van der Waals surface area contributed by atoms with Crippen LogP contribution in [0.15, 0.2) is 16.9 Å². The Kier molecular flexibility index (Phi) is 4.49. The van der Waals surface area contributed by atoms with E-state index in [1.807, 2.05) is 32.9 Å². The highest BCUT2D eigenvalue weighted by Crippen LogP contribution is 2.28. The second-order valence-corrected chi connectivity index (χ2v) is 6.69. The molecule has 0 saturated heterocycles. The van der Waals surface area contributed by atoms with Gasteiger partial charge in [0.05, 0.1) is 11.0 Å². The zero-order valence-corrected chi connectivity index (χ0v) is 14.6. The maximum Gasteiger partial charge on any atom is 0.329 e. The summed E-state index contributed by atoms with van der Waals surface area (Å²) in [6.45, 7) is 7.13. The van der Waals surface area contributed by atoms with Gasteiger partial charge in [-0.25, -0.2) is 4.79 Å². The average Bonchev–Trinajstić information content (AvgIpc) is 3.08. The molecule has 130 valence electrons. The molecule has 6 heteroatoms. The lowest BCUT2D eigenvalue weighted by atomic mass is 10.1. The van der Waals surface area contributed by atoms with Crippen molar-refractivity contribution >= 4 is 22.6 Å². The number of fused-ring (bicyclic) bond motifs is 1. The zero-order chi connectivity index (χ0) is 17.4. The van der Waals surface area contributed by atoms with Gasteiger partial charge in [-0.3, -0.25) is 13.9 Å². The molecule has 3 rings (SSSR count). The number of rotatable bonds is 4. The molecule has 0 bridgehead atoms. The van der Waals surface area contributed by atoms with Crippen molar-refractivity contribution in [3.8, 4) is 0 Å². The van der Waals surface area contributed by atoms with Gasteiger partial charge < -0.3 is 11.1 Å². The molecule has 6 nitrogen and oxygen atoms in total. The van der Waals surface area contributed by atoms with Crippen LogP contribution in [0.25, 0.3) is 11.0 Å². The van der Waals surface area contributed by atoms with Gasteiger partial charge >= 0.3 is 5.69 Å². The lowest BCUT2D eigenvalue weighted by molar-refractivity contribution is -0.119. The first kappa shape index (κ1) is 16.8. The number of carbonyl (C=O) groups excluding carboxylic acids is 1. The number of amides is 1. The molecule has 1 aliphatic rings. The molecule has 3 N–H and O–H groups in total. The lowest BCUT2D eigenvalue weighted by Gasteiger charge is -2.13. The van der Waals surface area contributed by atoms with Gasteiger partial charge in [-0.1, -0.05) is 0 Å². The first-order valence-corrected chi connectivity index (χ1v) is 8.76. The summed E-state index contributed by atoms with van der Waals surface area (Å²) in [4.78, 5) is 25.0. The standard InChI is InChI=1S/C18H26N4O2/c1-4-21-15-8-11(3)14(10-16(15)22(5-2)18(21)24)20-17(23)12-6-7-13(19)9-12/h8,10,12-13H,4-7,9,19H2,1-3H3,(H,20,23). The van der Waals surface area contributed by atoms with Gasteiger partial charge in [-0.05, 0) is 57.7 Å². The first-order valence-electron chi connectivity index (χ1n) is 8.76. The van der Waals surface area contributed by atoms with Crippen LogP contribution in [-0.4, -0.2) is 21.1 Å². The predicted octanol–water partition coefficient (Wildman–Crippen LogP) is 2.22. The van der Waals surface area contributed by atoms with E-state index in [0.29, 0.717) is 13.1 Å². The number of anilines is 1. The molecular weight excluding hydrogens is 304 g/mol. The molecule has 1 heterocycles. The van der Waals surface area contributed by atoms with E-state index in [4.69, 9.17) is 5.73 Å². The molecule has 0 spiro atoms. The largest absolute Gasteiger partial charge is 0.329 e. The summed E-state index contributed by atoms with van der Waals surface area (Å²) in [5.74, 6) is 0.0226. The fourth-order valence-electron chi connectivity index (χ4n) is 3.70. The Hall–Kier alpha value is -2.08. The fraction of sp³-hybridized carbons (Fsp3) is 0.556. The number of aromatic nitrogens is 2. The second-order valence-electron chi connectivity index (χ2n) is 6.69. The Morgan fingerprint density at radius 1 is 1.21 bits per heavy atom. The molecule has 2 aromatic rings. The Labute approximate surface area is 141 Å². The molecule has 2 unspecified atom stereocenters. The van der Waals surface area contributed by atoms with Crippen molar-refractivity contribution in [1.29, 1.82) is 0 Å². The van der Waals surface area contributed by atoms with Gasteiger partial charge in [0.2, 0.25) is 5.91 Å². The second kappa shape index (κ2) is 6.43. The molecule has 24 heavy (non-hydrogen) atoms. The van der Waals surface area contributed by atoms with E-state index < -0.39 is 0 Å². The molecule has 1 aromatic carbocycles. The van der Waals surface area contributed by atoms with Crippen LogP contribution in [0.1, 0.15) is 38.7 Å². The molecule has 1 aliphatic carbocycles. The Bertz CT molecular complexity index is 834. The zero-order valence-electron chi connectivity index (χ0n) is 14.6. The maximum absolute atomic E-state index is 12.5. The monoisotopic (exact) mass is 330 g/mol. The number of aryl methyl sites for hydroxylation is 3. The summed E-state index contributed by atoms with van der Waals surface area (Å²) in [7, 11) is 0. The number of hydrogen-bond acceptors (Lipinski definition) is 3. The van der Waals surface area contributed by atoms with Crippen molar-refractivity contribution < 1.29 is 4.79 Å². The molecular formula is C18H26N4O2. The van der Waals surface area contributed by atoms with E-state index in [1.165, 1.54) is 0 Å². The predicted molar refractivity (Wildman–Crippen MR) is 96.2 cm³/mol. The third-order valence-electron chi connectivity index (χ3n) is 5.10. The summed E-state index contributed by atoms with van der Waals surface area (Å²) in [6.07, 6.45) is 2.50. The highest BCUT2D eigenvalue weighted by Gasteiger charge is 2.28. The summed E-state index contributed by atoms with van der Waals surface area (Å²) in [5, 5.41) is 3.04. The van der Waals surface area contributed by atoms with E-state index in [0.717, 1.165) is 41.5 Å². The highest BCUT2D eigenvalue weighted by molar-refractivity contribution is 5.96. The van der Waals surface area contributed by atoms with Crippen LogP contribution in [0.2, 0.25) is 0 Å². The summed E-state index contributed by atoms with van der Waals surface area (Å²) in [5.41, 5.74) is 9.45. The van der Waals surface area contributed by atoms with Crippen LogP contribution in [0.5, 0.6) is 0 Å². The molecule has 1 fully saturated rings. The van der Waals surface area contributed by atoms with Crippen LogP contribution >= 0.6 is 0 Å². The molecule has 0 radical (unpaired) electrons. The van der Waals surface area contributed by atoms with Crippen LogP contribution in [0, 0.1) is 12.8 Å². The minimum absolute atomic E-state index is 0.000331. The quantitative estimate of drug-likeness (QED) is 0.902. The van der Waals surface area contributed by atoms with Crippen LogP contribution in [-0.2, 0) is 17.9 Å². The minimum atomic E-state index is -0.0105. The number of nitrogens with two attached hydrogens (primary N) is 1. The van der Waals surface area contributed by atoms with E-state index in [1.54, 1.807) is 9.13 Å². The van der Waals surface area contributed by atoms with Gasteiger partial charge in [0.15, 0.2) is 0 Å². The van der Waals surface area contributed by atoms with Crippen molar-refractivity contribution in [2.24, 2.45) is 11.7 Å². The third-order valence-corrected chi connectivity index (χ3v) is 5.10. The average molecular weight is 330 g/mol. The Morgan fingerprint density at radius 3 is 2.38 bits per heavy atom. The van der Waals surface area contributed by atoms with Crippen molar-refractivity contribution in [3.63, 3.8) is 0 Å². The third kappa shape index (κ3) is 2.75. The van der Waals surface area contributed by atoms with Crippen molar-refractivity contribution in [3.05, 3.63) is 28.2 Å². The number of carbonyl (C=O) groups is 1. The van der Waals surface area contributed by atoms with Gasteiger partial charge in [0.25, 0.3) is 0 Å². The van der Waals surface area contributed by atoms with Gasteiger partial charge in [0.1, 0.15) is 0 Å². The van der Waals surface area contributed by atoms with E-state index in [2.05, 4.69) is 5.32 Å². The normalized spacial score (nSPS) is 20.7.